The molecule has 2 atom stereocenters. The van der Waals surface area contributed by atoms with Gasteiger partial charge in [0, 0.05) is 20.2 Å². The van der Waals surface area contributed by atoms with Gasteiger partial charge in [0.1, 0.15) is 0 Å². The molecule has 0 spiro atoms. The Labute approximate surface area is 87.6 Å². The highest BCUT2D eigenvalue weighted by atomic mass is 16.5. The average Bonchev–Trinajstić information content (AvgIpc) is 2.66. The summed E-state index contributed by atoms with van der Waals surface area (Å²) in [6.45, 7) is 8.25. The quantitative estimate of drug-likeness (QED) is 0.722. The third-order valence-corrected chi connectivity index (χ3v) is 3.52. The summed E-state index contributed by atoms with van der Waals surface area (Å²) in [6, 6.07) is 0. The smallest absolute Gasteiger partial charge is 0.0656 e. The summed E-state index contributed by atoms with van der Waals surface area (Å²) in [6.07, 6.45) is 2.60. The first-order chi connectivity index (χ1) is 6.66. The summed E-state index contributed by atoms with van der Waals surface area (Å²) in [5.74, 6) is 0.859. The van der Waals surface area contributed by atoms with Crippen molar-refractivity contribution in [2.45, 2.75) is 32.2 Å². The molecular weight excluding hydrogens is 176 g/mol. The van der Waals surface area contributed by atoms with Crippen molar-refractivity contribution in [1.82, 2.24) is 4.90 Å². The number of hydrogen-bond acceptors (Lipinski definition) is 3. The van der Waals surface area contributed by atoms with Crippen LogP contribution in [0, 0.1) is 5.92 Å². The van der Waals surface area contributed by atoms with Crippen LogP contribution in [0.1, 0.15) is 26.7 Å². The minimum Gasteiger partial charge on any atom is -0.383 e. The van der Waals surface area contributed by atoms with E-state index in [2.05, 4.69) is 18.7 Å². The van der Waals surface area contributed by atoms with Crippen LogP contribution in [-0.4, -0.2) is 43.8 Å². The van der Waals surface area contributed by atoms with E-state index >= 15 is 0 Å². The molecule has 3 heteroatoms. The lowest BCUT2D eigenvalue weighted by Crippen LogP contribution is -2.53. The van der Waals surface area contributed by atoms with E-state index in [4.69, 9.17) is 10.5 Å². The molecule has 1 rings (SSSR count). The molecule has 0 aromatic carbocycles. The lowest BCUT2D eigenvalue weighted by Gasteiger charge is -2.37. The van der Waals surface area contributed by atoms with Crippen LogP contribution in [0.25, 0.3) is 0 Å². The van der Waals surface area contributed by atoms with Gasteiger partial charge in [0.05, 0.1) is 12.1 Å². The summed E-state index contributed by atoms with van der Waals surface area (Å²) in [5.41, 5.74) is 5.88. The minimum absolute atomic E-state index is 0.0403. The van der Waals surface area contributed by atoms with E-state index < -0.39 is 0 Å². The molecule has 0 saturated carbocycles. The third kappa shape index (κ3) is 2.47. The number of ether oxygens (including phenoxy) is 1. The molecule has 0 aliphatic carbocycles. The van der Waals surface area contributed by atoms with Crippen LogP contribution < -0.4 is 5.73 Å². The van der Waals surface area contributed by atoms with Gasteiger partial charge < -0.3 is 10.5 Å². The highest BCUT2D eigenvalue weighted by Crippen LogP contribution is 2.26. The third-order valence-electron chi connectivity index (χ3n) is 3.52. The monoisotopic (exact) mass is 200 g/mol. The van der Waals surface area contributed by atoms with Gasteiger partial charge in [-0.05, 0) is 25.8 Å². The molecule has 84 valence electrons. The van der Waals surface area contributed by atoms with E-state index in [1.165, 1.54) is 25.9 Å². The van der Waals surface area contributed by atoms with Gasteiger partial charge in [0.15, 0.2) is 0 Å². The van der Waals surface area contributed by atoms with E-state index in [-0.39, 0.29) is 5.54 Å². The Balaban J connectivity index is 2.53. The molecule has 2 N–H and O–H groups in total. The van der Waals surface area contributed by atoms with Gasteiger partial charge in [-0.3, -0.25) is 4.90 Å². The normalized spacial score (nSPS) is 27.9. The summed E-state index contributed by atoms with van der Waals surface area (Å²) in [5, 5.41) is 0. The number of rotatable bonds is 5. The van der Waals surface area contributed by atoms with Crippen LogP contribution >= 0.6 is 0 Å². The summed E-state index contributed by atoms with van der Waals surface area (Å²) in [4.78, 5) is 2.49. The molecule has 3 nitrogen and oxygen atoms in total. The fourth-order valence-corrected chi connectivity index (χ4v) is 2.25. The van der Waals surface area contributed by atoms with Crippen molar-refractivity contribution in [3.8, 4) is 0 Å². The zero-order valence-corrected chi connectivity index (χ0v) is 9.75. The van der Waals surface area contributed by atoms with Crippen molar-refractivity contribution in [2.75, 3.05) is 33.4 Å². The maximum absolute atomic E-state index is 5.84. The van der Waals surface area contributed by atoms with Gasteiger partial charge in [-0.15, -0.1) is 0 Å². The Hall–Kier alpha value is -0.120. The zero-order valence-electron chi connectivity index (χ0n) is 9.75. The second-order valence-electron chi connectivity index (χ2n) is 4.64. The van der Waals surface area contributed by atoms with Crippen molar-refractivity contribution in [1.29, 1.82) is 0 Å². The molecule has 0 amide bonds. The number of likely N-dealkylation sites (tertiary alicyclic amines) is 1. The Morgan fingerprint density at radius 1 is 1.57 bits per heavy atom. The lowest BCUT2D eigenvalue weighted by atomic mass is 10.0. The lowest BCUT2D eigenvalue weighted by molar-refractivity contribution is 0.0398. The van der Waals surface area contributed by atoms with E-state index in [1.54, 1.807) is 7.11 Å². The van der Waals surface area contributed by atoms with Gasteiger partial charge >= 0.3 is 0 Å². The van der Waals surface area contributed by atoms with E-state index in [0.29, 0.717) is 6.54 Å². The van der Waals surface area contributed by atoms with Crippen LogP contribution in [-0.2, 0) is 4.74 Å². The second kappa shape index (κ2) is 5.10. The summed E-state index contributed by atoms with van der Waals surface area (Å²) in [7, 11) is 1.75. The van der Waals surface area contributed by atoms with Crippen LogP contribution in [0.3, 0.4) is 0 Å². The second-order valence-corrected chi connectivity index (χ2v) is 4.64. The number of nitrogens with two attached hydrogens (primary N) is 1. The highest BCUT2D eigenvalue weighted by Gasteiger charge is 2.35. The van der Waals surface area contributed by atoms with Crippen molar-refractivity contribution in [3.05, 3.63) is 0 Å². The summed E-state index contributed by atoms with van der Waals surface area (Å²) >= 11 is 0. The van der Waals surface area contributed by atoms with Crippen LogP contribution in [0.5, 0.6) is 0 Å². The largest absolute Gasteiger partial charge is 0.383 e. The first kappa shape index (κ1) is 12.0. The predicted molar refractivity (Wildman–Crippen MR) is 59.3 cm³/mol. The van der Waals surface area contributed by atoms with Gasteiger partial charge in [0.25, 0.3) is 0 Å². The molecule has 1 fully saturated rings. The molecule has 0 radical (unpaired) electrons. The van der Waals surface area contributed by atoms with Crippen molar-refractivity contribution in [3.63, 3.8) is 0 Å². The molecule has 14 heavy (non-hydrogen) atoms. The molecule has 0 bridgehead atoms. The first-order valence-corrected chi connectivity index (χ1v) is 5.60. The van der Waals surface area contributed by atoms with Crippen LogP contribution in [0.2, 0.25) is 0 Å². The summed E-state index contributed by atoms with van der Waals surface area (Å²) < 4.78 is 5.26. The highest BCUT2D eigenvalue weighted by molar-refractivity contribution is 4.91. The molecule has 0 aromatic heterocycles. The number of methoxy groups -OCH3 is 1. The fraction of sp³-hybridized carbons (Fsp3) is 1.00. The molecule has 1 saturated heterocycles. The SMILES string of the molecule is CCC1CCN(C(C)(CN)COC)C1. The molecule has 1 heterocycles. The van der Waals surface area contributed by atoms with E-state index in [9.17, 15) is 0 Å². The number of hydrogen-bond donors (Lipinski definition) is 1. The van der Waals surface area contributed by atoms with Crippen molar-refractivity contribution < 1.29 is 4.74 Å². The van der Waals surface area contributed by atoms with Gasteiger partial charge in [0.2, 0.25) is 0 Å². The number of nitrogens with zero attached hydrogens (tertiary/aromatic N) is 1. The molecule has 1 aliphatic rings. The zero-order chi connectivity index (χ0) is 10.6. The van der Waals surface area contributed by atoms with Crippen LogP contribution in [0.15, 0.2) is 0 Å². The fourth-order valence-electron chi connectivity index (χ4n) is 2.25. The van der Waals surface area contributed by atoms with Gasteiger partial charge in [-0.1, -0.05) is 13.3 Å². The van der Waals surface area contributed by atoms with Crippen molar-refractivity contribution in [2.24, 2.45) is 11.7 Å². The maximum atomic E-state index is 5.84. The Bertz CT molecular complexity index is 175. The Kier molecular flexibility index (Phi) is 4.35. The maximum Gasteiger partial charge on any atom is 0.0656 e. The predicted octanol–water partition coefficient (Wildman–Crippen LogP) is 1.08. The first-order valence-electron chi connectivity index (χ1n) is 5.60. The Morgan fingerprint density at radius 3 is 2.71 bits per heavy atom. The standard InChI is InChI=1S/C11H24N2O/c1-4-10-5-6-13(7-10)11(2,8-12)9-14-3/h10H,4-9,12H2,1-3H3. The van der Waals surface area contributed by atoms with Gasteiger partial charge in [-0.25, -0.2) is 0 Å². The Morgan fingerprint density at radius 2 is 2.29 bits per heavy atom. The average molecular weight is 200 g/mol. The molecule has 1 aliphatic heterocycles. The van der Waals surface area contributed by atoms with Gasteiger partial charge in [-0.2, -0.15) is 0 Å². The minimum atomic E-state index is 0.0403. The van der Waals surface area contributed by atoms with Crippen molar-refractivity contribution >= 4 is 0 Å². The van der Waals surface area contributed by atoms with E-state index in [1.807, 2.05) is 0 Å². The van der Waals surface area contributed by atoms with Crippen LogP contribution in [0.4, 0.5) is 0 Å². The molecule has 0 aromatic rings. The van der Waals surface area contributed by atoms with E-state index in [0.717, 1.165) is 12.5 Å². The molecule has 2 unspecified atom stereocenters. The molecular formula is C11H24N2O. The topological polar surface area (TPSA) is 38.5 Å².